The number of aryl methyl sites for hydroxylation is 1. The Labute approximate surface area is 110 Å². The molecule has 2 rings (SSSR count). The maximum absolute atomic E-state index is 5.96. The summed E-state index contributed by atoms with van der Waals surface area (Å²) in [5, 5.41) is 4.24. The molecule has 2 unspecified atom stereocenters. The summed E-state index contributed by atoms with van der Waals surface area (Å²) in [4.78, 5) is 2.47. The van der Waals surface area contributed by atoms with Gasteiger partial charge in [0.25, 0.3) is 0 Å². The van der Waals surface area contributed by atoms with Crippen LogP contribution >= 0.6 is 0 Å². The summed E-state index contributed by atoms with van der Waals surface area (Å²) in [6, 6.07) is 0.637. The molecule has 0 radical (unpaired) electrons. The van der Waals surface area contributed by atoms with Crippen LogP contribution in [0.3, 0.4) is 0 Å². The van der Waals surface area contributed by atoms with Crippen LogP contribution in [0, 0.1) is 5.92 Å². The maximum Gasteiger partial charge on any atom is 0.0534 e. The standard InChI is InChI=1S/C14H26N4/c1-17(10-12-9-16-18(2)11-12)14-7-5-3-4-6-13(14)8-15/h9,11,13-14H,3-8,10,15H2,1-2H3. The molecule has 0 amide bonds. The number of nitrogens with two attached hydrogens (primary N) is 1. The molecule has 1 aromatic heterocycles. The molecule has 102 valence electrons. The van der Waals surface area contributed by atoms with Gasteiger partial charge in [0, 0.05) is 31.4 Å². The van der Waals surface area contributed by atoms with Crippen LogP contribution in [0.1, 0.15) is 37.7 Å². The first-order valence-electron chi connectivity index (χ1n) is 7.08. The van der Waals surface area contributed by atoms with Gasteiger partial charge in [-0.3, -0.25) is 9.58 Å². The molecule has 4 nitrogen and oxygen atoms in total. The lowest BCUT2D eigenvalue weighted by Crippen LogP contribution is -2.40. The van der Waals surface area contributed by atoms with Crippen molar-refractivity contribution in [3.8, 4) is 0 Å². The minimum absolute atomic E-state index is 0.637. The normalized spacial score (nSPS) is 25.3. The van der Waals surface area contributed by atoms with E-state index >= 15 is 0 Å². The van der Waals surface area contributed by atoms with Gasteiger partial charge < -0.3 is 5.73 Å². The van der Waals surface area contributed by atoms with E-state index in [1.807, 2.05) is 17.9 Å². The van der Waals surface area contributed by atoms with Gasteiger partial charge in [-0.1, -0.05) is 19.3 Å². The molecule has 2 atom stereocenters. The SMILES string of the molecule is CN(Cc1cnn(C)c1)C1CCCCCC1CN. The summed E-state index contributed by atoms with van der Waals surface area (Å²) < 4.78 is 1.87. The zero-order valence-electron chi connectivity index (χ0n) is 11.7. The van der Waals surface area contributed by atoms with Crippen molar-refractivity contribution in [3.05, 3.63) is 18.0 Å². The first-order valence-corrected chi connectivity index (χ1v) is 7.08. The van der Waals surface area contributed by atoms with Gasteiger partial charge >= 0.3 is 0 Å². The zero-order chi connectivity index (χ0) is 13.0. The highest BCUT2D eigenvalue weighted by atomic mass is 15.2. The predicted octanol–water partition coefficient (Wildman–Crippen LogP) is 1.76. The molecule has 1 fully saturated rings. The van der Waals surface area contributed by atoms with Crippen LogP contribution < -0.4 is 5.73 Å². The first kappa shape index (κ1) is 13.6. The molecule has 0 bridgehead atoms. The van der Waals surface area contributed by atoms with Crippen LogP contribution in [-0.2, 0) is 13.6 Å². The summed E-state index contributed by atoms with van der Waals surface area (Å²) in [6.45, 7) is 1.80. The molecule has 0 saturated heterocycles. The molecule has 18 heavy (non-hydrogen) atoms. The Kier molecular flexibility index (Phi) is 4.78. The summed E-state index contributed by atoms with van der Waals surface area (Å²) in [6.07, 6.45) is 10.7. The Morgan fingerprint density at radius 1 is 1.39 bits per heavy atom. The minimum Gasteiger partial charge on any atom is -0.330 e. The van der Waals surface area contributed by atoms with E-state index in [4.69, 9.17) is 5.73 Å². The van der Waals surface area contributed by atoms with Crippen LogP contribution in [0.2, 0.25) is 0 Å². The van der Waals surface area contributed by atoms with E-state index in [0.29, 0.717) is 12.0 Å². The van der Waals surface area contributed by atoms with Crippen molar-refractivity contribution in [2.45, 2.75) is 44.7 Å². The van der Waals surface area contributed by atoms with Gasteiger partial charge in [-0.05, 0) is 32.4 Å². The molecule has 2 N–H and O–H groups in total. The Morgan fingerprint density at radius 3 is 2.83 bits per heavy atom. The molecule has 0 spiro atoms. The second-order valence-electron chi connectivity index (χ2n) is 5.64. The third-order valence-electron chi connectivity index (χ3n) is 4.18. The largest absolute Gasteiger partial charge is 0.330 e. The fraction of sp³-hybridized carbons (Fsp3) is 0.786. The average molecular weight is 250 g/mol. The lowest BCUT2D eigenvalue weighted by molar-refractivity contribution is 0.161. The van der Waals surface area contributed by atoms with Crippen molar-refractivity contribution in [3.63, 3.8) is 0 Å². The molecule has 1 aliphatic carbocycles. The molecule has 0 aromatic carbocycles. The van der Waals surface area contributed by atoms with Crippen LogP contribution in [-0.4, -0.2) is 34.3 Å². The fourth-order valence-corrected chi connectivity index (χ4v) is 3.18. The second kappa shape index (κ2) is 6.34. The number of nitrogens with zero attached hydrogens (tertiary/aromatic N) is 3. The monoisotopic (exact) mass is 250 g/mol. The van der Waals surface area contributed by atoms with Crippen molar-refractivity contribution in [1.82, 2.24) is 14.7 Å². The van der Waals surface area contributed by atoms with Crippen LogP contribution in [0.4, 0.5) is 0 Å². The van der Waals surface area contributed by atoms with Crippen LogP contribution in [0.25, 0.3) is 0 Å². The molecule has 1 saturated carbocycles. The molecule has 1 aromatic rings. The number of hydrogen-bond donors (Lipinski definition) is 1. The second-order valence-corrected chi connectivity index (χ2v) is 5.64. The van der Waals surface area contributed by atoms with E-state index in [1.165, 1.54) is 37.7 Å². The highest BCUT2D eigenvalue weighted by molar-refractivity contribution is 5.03. The van der Waals surface area contributed by atoms with Crippen molar-refractivity contribution < 1.29 is 0 Å². The van der Waals surface area contributed by atoms with Crippen molar-refractivity contribution >= 4 is 0 Å². The average Bonchev–Trinajstić information content (AvgIpc) is 2.65. The number of aromatic nitrogens is 2. The molecular formula is C14H26N4. The van der Waals surface area contributed by atoms with Crippen molar-refractivity contribution in [1.29, 1.82) is 0 Å². The van der Waals surface area contributed by atoms with Gasteiger partial charge in [0.2, 0.25) is 0 Å². The predicted molar refractivity (Wildman–Crippen MR) is 74.1 cm³/mol. The number of hydrogen-bond acceptors (Lipinski definition) is 3. The summed E-state index contributed by atoms with van der Waals surface area (Å²) in [5.41, 5.74) is 7.25. The van der Waals surface area contributed by atoms with Crippen LogP contribution in [0.5, 0.6) is 0 Å². The van der Waals surface area contributed by atoms with Crippen molar-refractivity contribution in [2.75, 3.05) is 13.6 Å². The van der Waals surface area contributed by atoms with Gasteiger partial charge in [-0.2, -0.15) is 5.10 Å². The summed E-state index contributed by atoms with van der Waals surface area (Å²) in [7, 11) is 4.20. The Balaban J connectivity index is 1.98. The van der Waals surface area contributed by atoms with Crippen molar-refractivity contribution in [2.24, 2.45) is 18.7 Å². The Morgan fingerprint density at radius 2 is 2.17 bits per heavy atom. The van der Waals surface area contributed by atoms with E-state index in [1.54, 1.807) is 0 Å². The molecule has 1 aliphatic rings. The highest BCUT2D eigenvalue weighted by Gasteiger charge is 2.26. The van der Waals surface area contributed by atoms with Gasteiger partial charge in [0.1, 0.15) is 0 Å². The first-order chi connectivity index (χ1) is 8.70. The topological polar surface area (TPSA) is 47.1 Å². The quantitative estimate of drug-likeness (QED) is 0.828. The third-order valence-corrected chi connectivity index (χ3v) is 4.18. The Bertz CT molecular complexity index is 360. The highest BCUT2D eigenvalue weighted by Crippen LogP contribution is 2.27. The number of rotatable bonds is 4. The van der Waals surface area contributed by atoms with E-state index in [9.17, 15) is 0 Å². The molecule has 0 aliphatic heterocycles. The van der Waals surface area contributed by atoms with E-state index in [0.717, 1.165) is 13.1 Å². The third kappa shape index (κ3) is 3.33. The smallest absolute Gasteiger partial charge is 0.0534 e. The minimum atomic E-state index is 0.637. The van der Waals surface area contributed by atoms with Crippen LogP contribution in [0.15, 0.2) is 12.4 Å². The van der Waals surface area contributed by atoms with E-state index < -0.39 is 0 Å². The summed E-state index contributed by atoms with van der Waals surface area (Å²) >= 11 is 0. The van der Waals surface area contributed by atoms with E-state index in [2.05, 4.69) is 23.2 Å². The Hall–Kier alpha value is -0.870. The molecule has 1 heterocycles. The lowest BCUT2D eigenvalue weighted by Gasteiger charge is -2.32. The van der Waals surface area contributed by atoms with E-state index in [-0.39, 0.29) is 0 Å². The maximum atomic E-state index is 5.96. The lowest BCUT2D eigenvalue weighted by atomic mass is 9.93. The fourth-order valence-electron chi connectivity index (χ4n) is 3.18. The van der Waals surface area contributed by atoms with Gasteiger partial charge in [-0.15, -0.1) is 0 Å². The van der Waals surface area contributed by atoms with Gasteiger partial charge in [-0.25, -0.2) is 0 Å². The van der Waals surface area contributed by atoms with Gasteiger partial charge in [0.05, 0.1) is 6.20 Å². The molecular weight excluding hydrogens is 224 g/mol. The molecule has 4 heteroatoms. The van der Waals surface area contributed by atoms with Gasteiger partial charge in [0.15, 0.2) is 0 Å². The zero-order valence-corrected chi connectivity index (χ0v) is 11.7. The summed E-state index contributed by atoms with van der Waals surface area (Å²) in [5.74, 6) is 0.661.